The van der Waals surface area contributed by atoms with E-state index in [-0.39, 0.29) is 18.9 Å². The SMILES string of the molecule is N#CC1c2cccc(OCc3ccccc3)c2C(=O)N1CCCC(=O)O. The van der Waals surface area contributed by atoms with E-state index in [0.29, 0.717) is 29.9 Å². The molecule has 0 aromatic heterocycles. The summed E-state index contributed by atoms with van der Waals surface area (Å²) in [6, 6.07) is 16.3. The van der Waals surface area contributed by atoms with Crippen molar-refractivity contribution >= 4 is 11.9 Å². The van der Waals surface area contributed by atoms with Crippen LogP contribution in [0.25, 0.3) is 0 Å². The second-order valence-electron chi connectivity index (χ2n) is 6.02. The van der Waals surface area contributed by atoms with Gasteiger partial charge in [0.05, 0.1) is 11.6 Å². The first-order valence-electron chi connectivity index (χ1n) is 8.34. The predicted octanol–water partition coefficient (Wildman–Crippen LogP) is 3.15. The highest BCUT2D eigenvalue weighted by molar-refractivity contribution is 6.02. The van der Waals surface area contributed by atoms with Crippen molar-refractivity contribution in [3.63, 3.8) is 0 Å². The first-order valence-corrected chi connectivity index (χ1v) is 8.34. The first kappa shape index (κ1) is 17.5. The van der Waals surface area contributed by atoms with E-state index in [1.165, 1.54) is 4.90 Å². The minimum absolute atomic E-state index is 0.0460. The number of aliphatic carboxylic acids is 1. The smallest absolute Gasteiger partial charge is 0.303 e. The third kappa shape index (κ3) is 3.52. The van der Waals surface area contributed by atoms with Crippen molar-refractivity contribution in [3.8, 4) is 11.8 Å². The van der Waals surface area contributed by atoms with Gasteiger partial charge >= 0.3 is 5.97 Å². The Morgan fingerprint density at radius 2 is 1.96 bits per heavy atom. The fourth-order valence-electron chi connectivity index (χ4n) is 3.06. The lowest BCUT2D eigenvalue weighted by atomic mass is 10.0. The molecule has 1 heterocycles. The molecular formula is C20H18N2O4. The van der Waals surface area contributed by atoms with Crippen molar-refractivity contribution in [2.75, 3.05) is 6.54 Å². The quantitative estimate of drug-likeness (QED) is 0.828. The van der Waals surface area contributed by atoms with Crippen LogP contribution in [-0.4, -0.2) is 28.4 Å². The summed E-state index contributed by atoms with van der Waals surface area (Å²) in [5, 5.41) is 18.3. The molecule has 0 saturated carbocycles. The molecule has 0 bridgehead atoms. The maximum Gasteiger partial charge on any atom is 0.303 e. The molecule has 1 aliphatic rings. The number of ether oxygens (including phenoxy) is 1. The molecule has 6 heteroatoms. The lowest BCUT2D eigenvalue weighted by Crippen LogP contribution is -2.29. The Morgan fingerprint density at radius 3 is 2.65 bits per heavy atom. The van der Waals surface area contributed by atoms with Crippen LogP contribution in [0, 0.1) is 11.3 Å². The van der Waals surface area contributed by atoms with Crippen LogP contribution in [0.2, 0.25) is 0 Å². The monoisotopic (exact) mass is 350 g/mol. The Kier molecular flexibility index (Phi) is 5.18. The second-order valence-corrected chi connectivity index (χ2v) is 6.02. The summed E-state index contributed by atoms with van der Waals surface area (Å²) in [4.78, 5) is 25.0. The first-order chi connectivity index (χ1) is 12.6. The Labute approximate surface area is 151 Å². The number of carbonyl (C=O) groups is 2. The van der Waals surface area contributed by atoms with Crippen LogP contribution < -0.4 is 4.74 Å². The number of nitriles is 1. The van der Waals surface area contributed by atoms with E-state index in [1.54, 1.807) is 18.2 Å². The van der Waals surface area contributed by atoms with E-state index < -0.39 is 12.0 Å². The zero-order chi connectivity index (χ0) is 18.5. The van der Waals surface area contributed by atoms with Gasteiger partial charge in [-0.1, -0.05) is 42.5 Å². The van der Waals surface area contributed by atoms with Crippen LogP contribution in [0.15, 0.2) is 48.5 Å². The molecule has 3 rings (SSSR count). The minimum Gasteiger partial charge on any atom is -0.488 e. The summed E-state index contributed by atoms with van der Waals surface area (Å²) in [5.41, 5.74) is 1.98. The van der Waals surface area contributed by atoms with Gasteiger partial charge in [0.1, 0.15) is 18.4 Å². The van der Waals surface area contributed by atoms with Crippen LogP contribution in [0.3, 0.4) is 0 Å². The zero-order valence-electron chi connectivity index (χ0n) is 14.1. The van der Waals surface area contributed by atoms with E-state index in [9.17, 15) is 14.9 Å². The highest BCUT2D eigenvalue weighted by Crippen LogP contribution is 2.38. The molecule has 2 aromatic carbocycles. The van der Waals surface area contributed by atoms with Gasteiger partial charge in [-0.05, 0) is 18.1 Å². The number of carboxylic acids is 1. The Hall–Kier alpha value is -3.33. The normalized spacial score (nSPS) is 15.4. The maximum absolute atomic E-state index is 12.8. The van der Waals surface area contributed by atoms with Crippen LogP contribution in [0.1, 0.15) is 40.4 Å². The standard InChI is InChI=1S/C20H18N2O4/c21-12-16-15-8-4-9-17(26-13-14-6-2-1-3-7-14)19(15)20(25)22(16)11-5-10-18(23)24/h1-4,6-9,16H,5,10-11,13H2,(H,23,24). The molecule has 1 aliphatic heterocycles. The van der Waals surface area contributed by atoms with Gasteiger partial charge in [-0.15, -0.1) is 0 Å². The van der Waals surface area contributed by atoms with Crippen molar-refractivity contribution in [1.29, 1.82) is 5.26 Å². The molecule has 0 fully saturated rings. The van der Waals surface area contributed by atoms with Gasteiger partial charge < -0.3 is 14.7 Å². The average molecular weight is 350 g/mol. The number of fused-ring (bicyclic) bond motifs is 1. The highest BCUT2D eigenvalue weighted by atomic mass is 16.5. The number of rotatable bonds is 7. The Bertz CT molecular complexity index is 858. The molecule has 1 atom stereocenters. The lowest BCUT2D eigenvalue weighted by molar-refractivity contribution is -0.137. The van der Waals surface area contributed by atoms with Crippen molar-refractivity contribution < 1.29 is 19.4 Å². The number of carbonyl (C=O) groups excluding carboxylic acids is 1. The fourth-order valence-corrected chi connectivity index (χ4v) is 3.06. The number of nitrogens with zero attached hydrogens (tertiary/aromatic N) is 2. The minimum atomic E-state index is -0.922. The molecule has 1 amide bonds. The van der Waals surface area contributed by atoms with Crippen molar-refractivity contribution in [1.82, 2.24) is 4.90 Å². The molecule has 0 saturated heterocycles. The molecule has 0 spiro atoms. The van der Waals surface area contributed by atoms with Gasteiger partial charge in [0.15, 0.2) is 0 Å². The van der Waals surface area contributed by atoms with Gasteiger partial charge in [-0.3, -0.25) is 9.59 Å². The van der Waals surface area contributed by atoms with Crippen molar-refractivity contribution in [2.24, 2.45) is 0 Å². The third-order valence-electron chi connectivity index (χ3n) is 4.29. The van der Waals surface area contributed by atoms with Crippen LogP contribution in [-0.2, 0) is 11.4 Å². The third-order valence-corrected chi connectivity index (χ3v) is 4.29. The molecular weight excluding hydrogens is 332 g/mol. The molecule has 1 unspecified atom stereocenters. The zero-order valence-corrected chi connectivity index (χ0v) is 14.1. The largest absolute Gasteiger partial charge is 0.488 e. The summed E-state index contributed by atoms with van der Waals surface area (Å²) in [5.74, 6) is -0.771. The van der Waals surface area contributed by atoms with E-state index >= 15 is 0 Å². The van der Waals surface area contributed by atoms with Gasteiger partial charge in [0, 0.05) is 18.5 Å². The Balaban J connectivity index is 1.81. The summed E-state index contributed by atoms with van der Waals surface area (Å²) in [6.45, 7) is 0.539. The number of carboxylic acid groups (broad SMARTS) is 1. The molecule has 0 aliphatic carbocycles. The molecule has 26 heavy (non-hydrogen) atoms. The van der Waals surface area contributed by atoms with E-state index in [2.05, 4.69) is 6.07 Å². The molecule has 6 nitrogen and oxygen atoms in total. The number of amides is 1. The molecule has 1 N–H and O–H groups in total. The summed E-state index contributed by atoms with van der Waals surface area (Å²) < 4.78 is 5.84. The number of hydrogen-bond donors (Lipinski definition) is 1. The van der Waals surface area contributed by atoms with Gasteiger partial charge in [-0.2, -0.15) is 5.26 Å². The average Bonchev–Trinajstić information content (AvgIpc) is 2.92. The number of hydrogen-bond acceptors (Lipinski definition) is 4. The van der Waals surface area contributed by atoms with Gasteiger partial charge in [0.2, 0.25) is 0 Å². The molecule has 0 radical (unpaired) electrons. The summed E-state index contributed by atoms with van der Waals surface area (Å²) >= 11 is 0. The molecule has 132 valence electrons. The maximum atomic E-state index is 12.8. The van der Waals surface area contributed by atoms with Crippen molar-refractivity contribution in [2.45, 2.75) is 25.5 Å². The topological polar surface area (TPSA) is 90.6 Å². The Morgan fingerprint density at radius 1 is 1.19 bits per heavy atom. The second kappa shape index (κ2) is 7.70. The van der Waals surface area contributed by atoms with E-state index in [1.807, 2.05) is 30.3 Å². The van der Waals surface area contributed by atoms with E-state index in [0.717, 1.165) is 5.56 Å². The summed E-state index contributed by atoms with van der Waals surface area (Å²) in [7, 11) is 0. The van der Waals surface area contributed by atoms with Crippen LogP contribution in [0.4, 0.5) is 0 Å². The summed E-state index contributed by atoms with van der Waals surface area (Å²) in [6.07, 6.45) is 0.253. The van der Waals surface area contributed by atoms with E-state index in [4.69, 9.17) is 9.84 Å². The van der Waals surface area contributed by atoms with Crippen LogP contribution >= 0.6 is 0 Å². The van der Waals surface area contributed by atoms with Crippen molar-refractivity contribution in [3.05, 3.63) is 65.2 Å². The van der Waals surface area contributed by atoms with Gasteiger partial charge in [-0.25, -0.2) is 0 Å². The fraction of sp³-hybridized carbons (Fsp3) is 0.250. The van der Waals surface area contributed by atoms with Gasteiger partial charge in [0.25, 0.3) is 5.91 Å². The highest BCUT2D eigenvalue weighted by Gasteiger charge is 2.38. The molecule has 2 aromatic rings. The van der Waals surface area contributed by atoms with Crippen LogP contribution in [0.5, 0.6) is 5.75 Å². The lowest BCUT2D eigenvalue weighted by Gasteiger charge is -2.19. The number of benzene rings is 2. The predicted molar refractivity (Wildman–Crippen MR) is 93.5 cm³/mol.